The van der Waals surface area contributed by atoms with Crippen LogP contribution in [-0.2, 0) is 16.0 Å². The van der Waals surface area contributed by atoms with Crippen molar-refractivity contribution in [1.82, 2.24) is 35.3 Å². The molecule has 38 heavy (non-hydrogen) atoms. The molecule has 198 valence electrons. The number of anilines is 1. The number of benzene rings is 1. The average molecular weight is 600 g/mol. The fraction of sp³-hybridized carbons (Fsp3) is 0.400. The lowest BCUT2D eigenvalue weighted by molar-refractivity contribution is -0.137. The van der Waals surface area contributed by atoms with Crippen molar-refractivity contribution in [3.8, 4) is 16.3 Å². The van der Waals surface area contributed by atoms with Crippen molar-refractivity contribution in [2.45, 2.75) is 52.0 Å². The van der Waals surface area contributed by atoms with Crippen LogP contribution in [0.25, 0.3) is 27.3 Å². The van der Waals surface area contributed by atoms with Gasteiger partial charge in [0, 0.05) is 36.7 Å². The van der Waals surface area contributed by atoms with E-state index < -0.39 is 11.4 Å². The summed E-state index contributed by atoms with van der Waals surface area (Å²) in [5, 5.41) is 30.8. The highest BCUT2D eigenvalue weighted by Gasteiger charge is 2.41. The minimum Gasteiger partial charge on any atom is -0.481 e. The number of hydrogen-bond acceptors (Lipinski definition) is 9. The van der Waals surface area contributed by atoms with Crippen molar-refractivity contribution >= 4 is 56.1 Å². The molecule has 4 aromatic rings. The molecule has 3 heterocycles. The number of nitrogens with zero attached hydrogens (tertiary/aromatic N) is 6. The van der Waals surface area contributed by atoms with E-state index in [1.165, 1.54) is 11.3 Å². The summed E-state index contributed by atoms with van der Waals surface area (Å²) in [6, 6.07) is 5.84. The van der Waals surface area contributed by atoms with E-state index in [9.17, 15) is 14.7 Å². The molecule has 13 heteroatoms. The smallest absolute Gasteiger partial charge is 0.303 e. The number of halogens is 1. The molecule has 2 atom stereocenters. The summed E-state index contributed by atoms with van der Waals surface area (Å²) in [6.45, 7) is 3.87. The third kappa shape index (κ3) is 5.12. The number of amides is 1. The Morgan fingerprint density at radius 1 is 1.32 bits per heavy atom. The lowest BCUT2D eigenvalue weighted by Gasteiger charge is -2.22. The van der Waals surface area contributed by atoms with Gasteiger partial charge in [-0.25, -0.2) is 9.67 Å². The molecule has 3 N–H and O–H groups in total. The zero-order chi connectivity index (χ0) is 27.0. The maximum atomic E-state index is 12.3. The van der Waals surface area contributed by atoms with Crippen LogP contribution in [0.5, 0.6) is 0 Å². The number of nitrogens with one attached hydrogen (secondary N) is 2. The number of carboxylic acid groups (broad SMARTS) is 1. The Kier molecular flexibility index (Phi) is 7.14. The normalized spacial score (nSPS) is 19.1. The summed E-state index contributed by atoms with van der Waals surface area (Å²) < 4.78 is 2.32. The second-order valence-electron chi connectivity index (χ2n) is 9.72. The summed E-state index contributed by atoms with van der Waals surface area (Å²) in [6.07, 6.45) is 4.37. The van der Waals surface area contributed by atoms with Crippen molar-refractivity contribution in [1.29, 1.82) is 0 Å². The molecular weight excluding hydrogens is 572 g/mol. The van der Waals surface area contributed by atoms with E-state index in [1.807, 2.05) is 32.0 Å². The molecule has 0 aliphatic heterocycles. The van der Waals surface area contributed by atoms with Crippen LogP contribution in [0, 0.1) is 12.3 Å². The predicted molar refractivity (Wildman–Crippen MR) is 147 cm³/mol. The second-order valence-corrected chi connectivity index (χ2v) is 11.7. The molecule has 0 unspecified atom stereocenters. The number of carbonyl (C=O) groups excluding carboxylic acids is 1. The van der Waals surface area contributed by atoms with Gasteiger partial charge in [0.05, 0.1) is 11.1 Å². The first-order valence-corrected chi connectivity index (χ1v) is 13.8. The van der Waals surface area contributed by atoms with Crippen LogP contribution in [0.4, 0.5) is 5.95 Å². The quantitative estimate of drug-likeness (QED) is 0.272. The van der Waals surface area contributed by atoms with Gasteiger partial charge in [0.15, 0.2) is 5.65 Å². The lowest BCUT2D eigenvalue weighted by atomic mass is 9.87. The van der Waals surface area contributed by atoms with E-state index in [1.54, 1.807) is 17.9 Å². The van der Waals surface area contributed by atoms with E-state index in [4.69, 9.17) is 4.98 Å². The number of aromatic nitrogens is 6. The van der Waals surface area contributed by atoms with Gasteiger partial charge in [-0.1, -0.05) is 18.3 Å². The van der Waals surface area contributed by atoms with E-state index in [2.05, 4.69) is 46.8 Å². The SMILES string of the molecule is CNC(=O)[C@]1(C)CC[C@@H](Nc2ncc3c(Br)nn(-c4ccc(-c5nnc(C)s5)c(CCC(=O)O)c4)c3n2)C1. The third-order valence-corrected chi connectivity index (χ3v) is 8.39. The molecule has 0 saturated heterocycles. The van der Waals surface area contributed by atoms with Crippen LogP contribution in [0.2, 0.25) is 0 Å². The van der Waals surface area contributed by atoms with Gasteiger partial charge in [-0.05, 0) is 72.3 Å². The average Bonchev–Trinajstić information content (AvgIpc) is 3.59. The Balaban J connectivity index is 1.48. The Hall–Kier alpha value is -3.45. The van der Waals surface area contributed by atoms with Gasteiger partial charge in [0.1, 0.15) is 14.6 Å². The molecule has 1 amide bonds. The van der Waals surface area contributed by atoms with E-state index in [0.717, 1.165) is 45.1 Å². The summed E-state index contributed by atoms with van der Waals surface area (Å²) in [5.41, 5.74) is 2.62. The van der Waals surface area contributed by atoms with Gasteiger partial charge >= 0.3 is 5.97 Å². The predicted octanol–water partition coefficient (Wildman–Crippen LogP) is 4.14. The molecule has 0 spiro atoms. The number of rotatable bonds is 8. The van der Waals surface area contributed by atoms with Crippen molar-refractivity contribution in [2.24, 2.45) is 5.41 Å². The van der Waals surface area contributed by atoms with Gasteiger partial charge < -0.3 is 15.7 Å². The van der Waals surface area contributed by atoms with Gasteiger partial charge in [0.25, 0.3) is 0 Å². The van der Waals surface area contributed by atoms with Crippen molar-refractivity contribution in [3.05, 3.63) is 39.6 Å². The lowest BCUT2D eigenvalue weighted by Crippen LogP contribution is -2.35. The highest BCUT2D eigenvalue weighted by molar-refractivity contribution is 9.10. The van der Waals surface area contributed by atoms with Crippen molar-refractivity contribution in [2.75, 3.05) is 12.4 Å². The minimum atomic E-state index is -0.870. The Bertz CT molecular complexity index is 1540. The van der Waals surface area contributed by atoms with E-state index in [-0.39, 0.29) is 18.4 Å². The number of fused-ring (bicyclic) bond motifs is 1. The minimum absolute atomic E-state index is 0.00953. The van der Waals surface area contributed by atoms with E-state index in [0.29, 0.717) is 29.0 Å². The molecule has 11 nitrogen and oxygen atoms in total. The molecule has 1 aromatic carbocycles. The summed E-state index contributed by atoms with van der Waals surface area (Å²) in [7, 11) is 1.67. The van der Waals surface area contributed by atoms with Gasteiger partial charge in [-0.3, -0.25) is 9.59 Å². The first kappa shape index (κ1) is 26.2. The van der Waals surface area contributed by atoms with Crippen LogP contribution in [0.1, 0.15) is 43.2 Å². The monoisotopic (exact) mass is 598 g/mol. The van der Waals surface area contributed by atoms with Crippen molar-refractivity contribution < 1.29 is 14.7 Å². The van der Waals surface area contributed by atoms with Crippen LogP contribution in [0.15, 0.2) is 29.0 Å². The zero-order valence-electron chi connectivity index (χ0n) is 21.2. The highest BCUT2D eigenvalue weighted by Crippen LogP contribution is 2.39. The summed E-state index contributed by atoms with van der Waals surface area (Å²) in [4.78, 5) is 32.9. The highest BCUT2D eigenvalue weighted by atomic mass is 79.9. The number of aliphatic carboxylic acids is 1. The van der Waals surface area contributed by atoms with Gasteiger partial charge in [-0.15, -0.1) is 10.2 Å². The summed E-state index contributed by atoms with van der Waals surface area (Å²) >= 11 is 4.98. The molecule has 1 saturated carbocycles. The third-order valence-electron chi connectivity index (χ3n) is 6.93. The topological polar surface area (TPSA) is 148 Å². The molecule has 1 aliphatic carbocycles. The number of carbonyl (C=O) groups is 2. The van der Waals surface area contributed by atoms with Crippen LogP contribution in [0.3, 0.4) is 0 Å². The molecule has 5 rings (SSSR count). The number of carboxylic acids is 1. The molecular formula is C25H27BrN8O3S. The fourth-order valence-electron chi connectivity index (χ4n) is 4.95. The standard InChI is InChI=1S/C25H27BrN8O3S/c1-13-31-32-22(38-13)17-6-5-16(10-14(17)4-7-19(35)36)34-21-18(20(26)33-34)12-28-24(30-21)29-15-8-9-25(2,11-15)23(37)27-3/h5-6,10,12,15H,4,7-9,11H2,1-3H3,(H,27,37)(H,35,36)(H,28,29,30)/t15-,25-/m1/s1. The van der Waals surface area contributed by atoms with Gasteiger partial charge in [0.2, 0.25) is 11.9 Å². The second kappa shape index (κ2) is 10.4. The largest absolute Gasteiger partial charge is 0.481 e. The van der Waals surface area contributed by atoms with Crippen LogP contribution >= 0.6 is 27.3 Å². The zero-order valence-corrected chi connectivity index (χ0v) is 23.6. The van der Waals surface area contributed by atoms with E-state index >= 15 is 0 Å². The van der Waals surface area contributed by atoms with Crippen LogP contribution < -0.4 is 10.6 Å². The number of aryl methyl sites for hydroxylation is 2. The van der Waals surface area contributed by atoms with Crippen LogP contribution in [-0.4, -0.2) is 60.0 Å². The fourth-order valence-corrected chi connectivity index (χ4v) is 6.14. The molecule has 0 radical (unpaired) electrons. The first-order valence-electron chi connectivity index (χ1n) is 12.2. The molecule has 1 fully saturated rings. The first-order chi connectivity index (χ1) is 18.2. The molecule has 1 aliphatic rings. The Morgan fingerprint density at radius 2 is 2.13 bits per heavy atom. The molecule has 0 bridgehead atoms. The van der Waals surface area contributed by atoms with Crippen molar-refractivity contribution in [3.63, 3.8) is 0 Å². The maximum absolute atomic E-state index is 12.3. The van der Waals surface area contributed by atoms with Gasteiger partial charge in [-0.2, -0.15) is 10.1 Å². The molecule has 3 aromatic heterocycles. The Labute approximate surface area is 231 Å². The maximum Gasteiger partial charge on any atom is 0.303 e. The summed E-state index contributed by atoms with van der Waals surface area (Å²) in [5.74, 6) is -0.361. The Morgan fingerprint density at radius 3 is 2.84 bits per heavy atom. The number of hydrogen-bond donors (Lipinski definition) is 3.